The van der Waals surface area contributed by atoms with E-state index >= 15 is 0 Å². The van der Waals surface area contributed by atoms with Crippen molar-refractivity contribution in [2.75, 3.05) is 5.73 Å². The Morgan fingerprint density at radius 3 is 2.26 bits per heavy atom. The Morgan fingerprint density at radius 1 is 0.839 bits per heavy atom. The first-order valence-corrected chi connectivity index (χ1v) is 9.70. The van der Waals surface area contributed by atoms with Gasteiger partial charge in [-0.15, -0.1) is 0 Å². The minimum atomic E-state index is -0.322. The molecule has 6 heteroatoms. The lowest BCUT2D eigenvalue weighted by Gasteiger charge is -2.06. The molecule has 0 saturated carbocycles. The summed E-state index contributed by atoms with van der Waals surface area (Å²) < 4.78 is 15.2. The molecule has 0 amide bonds. The van der Waals surface area contributed by atoms with Crippen molar-refractivity contribution in [3.05, 3.63) is 108 Å². The van der Waals surface area contributed by atoms with Crippen molar-refractivity contribution >= 4 is 17.0 Å². The Labute approximate surface area is 177 Å². The van der Waals surface area contributed by atoms with Crippen LogP contribution in [0.25, 0.3) is 27.9 Å². The predicted octanol–water partition coefficient (Wildman–Crippen LogP) is 5.02. The molecule has 150 valence electrons. The van der Waals surface area contributed by atoms with Gasteiger partial charge in [0.1, 0.15) is 17.2 Å². The average molecular weight is 408 g/mol. The number of pyridine rings is 2. The Hall–Kier alpha value is -4.32. The lowest BCUT2D eigenvalue weighted by molar-refractivity contribution is 0.103. The Bertz CT molecular complexity index is 1390. The lowest BCUT2D eigenvalue weighted by Crippen LogP contribution is -2.08. The summed E-state index contributed by atoms with van der Waals surface area (Å²) >= 11 is 0. The average Bonchev–Trinajstić information content (AvgIpc) is 3.20. The van der Waals surface area contributed by atoms with E-state index in [2.05, 4.69) is 4.98 Å². The van der Waals surface area contributed by atoms with Crippen LogP contribution in [0.5, 0.6) is 0 Å². The number of fused-ring (bicyclic) bond motifs is 1. The van der Waals surface area contributed by atoms with E-state index in [1.165, 1.54) is 12.1 Å². The molecule has 0 spiro atoms. The van der Waals surface area contributed by atoms with Gasteiger partial charge in [0.25, 0.3) is 0 Å². The van der Waals surface area contributed by atoms with Gasteiger partial charge in [-0.3, -0.25) is 9.78 Å². The molecule has 5 aromatic rings. The minimum Gasteiger partial charge on any atom is -0.399 e. The van der Waals surface area contributed by atoms with Crippen LogP contribution < -0.4 is 5.73 Å². The van der Waals surface area contributed by atoms with E-state index in [4.69, 9.17) is 10.8 Å². The van der Waals surface area contributed by atoms with Gasteiger partial charge in [-0.1, -0.05) is 6.07 Å². The standard InChI is InChI=1S/C25H17FN4O/c26-19-8-4-17(5-9-19)24-23(16-12-14-28-15-13-16)21-2-1-3-22(30(21)29-24)25(31)18-6-10-20(27)11-7-18/h1-15H,27H2. The highest BCUT2D eigenvalue weighted by atomic mass is 19.1. The molecule has 0 fully saturated rings. The second-order valence-corrected chi connectivity index (χ2v) is 7.13. The van der Waals surface area contributed by atoms with E-state index in [0.29, 0.717) is 22.6 Å². The van der Waals surface area contributed by atoms with Gasteiger partial charge in [-0.25, -0.2) is 8.91 Å². The third-order valence-corrected chi connectivity index (χ3v) is 5.15. The lowest BCUT2D eigenvalue weighted by atomic mass is 10.0. The Morgan fingerprint density at radius 2 is 1.55 bits per heavy atom. The number of ketones is 1. The van der Waals surface area contributed by atoms with Crippen molar-refractivity contribution in [2.45, 2.75) is 0 Å². The normalized spacial score (nSPS) is 11.0. The van der Waals surface area contributed by atoms with Crippen molar-refractivity contribution in [1.29, 1.82) is 0 Å². The molecule has 31 heavy (non-hydrogen) atoms. The predicted molar refractivity (Wildman–Crippen MR) is 118 cm³/mol. The van der Waals surface area contributed by atoms with Gasteiger partial charge in [0.05, 0.1) is 5.52 Å². The van der Waals surface area contributed by atoms with Crippen LogP contribution in [0.3, 0.4) is 0 Å². The highest BCUT2D eigenvalue weighted by Crippen LogP contribution is 2.35. The summed E-state index contributed by atoms with van der Waals surface area (Å²) in [5.41, 5.74) is 11.2. The number of nitrogens with two attached hydrogens (primary N) is 1. The molecule has 2 N–H and O–H groups in total. The molecule has 0 aliphatic rings. The molecule has 0 radical (unpaired) electrons. The number of rotatable bonds is 4. The molecule has 0 bridgehead atoms. The van der Waals surface area contributed by atoms with Crippen LogP contribution >= 0.6 is 0 Å². The maximum absolute atomic E-state index is 13.5. The fourth-order valence-electron chi connectivity index (χ4n) is 3.64. The SMILES string of the molecule is Nc1ccc(C(=O)c2cccc3c(-c4ccncc4)c(-c4ccc(F)cc4)nn23)cc1. The molecular weight excluding hydrogens is 391 g/mol. The highest BCUT2D eigenvalue weighted by molar-refractivity contribution is 6.09. The van der Waals surface area contributed by atoms with Crippen LogP contribution in [0.2, 0.25) is 0 Å². The van der Waals surface area contributed by atoms with Gasteiger partial charge in [0.2, 0.25) is 5.78 Å². The van der Waals surface area contributed by atoms with Gasteiger partial charge >= 0.3 is 0 Å². The maximum atomic E-state index is 13.5. The van der Waals surface area contributed by atoms with Crippen LogP contribution in [-0.2, 0) is 0 Å². The molecule has 5 nitrogen and oxygen atoms in total. The van der Waals surface area contributed by atoms with Crippen molar-refractivity contribution < 1.29 is 9.18 Å². The molecule has 5 rings (SSSR count). The zero-order valence-electron chi connectivity index (χ0n) is 16.4. The van der Waals surface area contributed by atoms with Gasteiger partial charge < -0.3 is 5.73 Å². The summed E-state index contributed by atoms with van der Waals surface area (Å²) in [5.74, 6) is -0.489. The van der Waals surface area contributed by atoms with Crippen LogP contribution in [-0.4, -0.2) is 20.4 Å². The monoisotopic (exact) mass is 408 g/mol. The van der Waals surface area contributed by atoms with E-state index in [1.54, 1.807) is 59.4 Å². The van der Waals surface area contributed by atoms with Gasteiger partial charge in [-0.2, -0.15) is 5.10 Å². The van der Waals surface area contributed by atoms with E-state index < -0.39 is 0 Å². The largest absolute Gasteiger partial charge is 0.399 e. The van der Waals surface area contributed by atoms with E-state index in [-0.39, 0.29) is 11.6 Å². The summed E-state index contributed by atoms with van der Waals surface area (Å²) in [6, 6.07) is 22.2. The van der Waals surface area contributed by atoms with Crippen molar-refractivity contribution in [1.82, 2.24) is 14.6 Å². The number of nitrogen functional groups attached to an aromatic ring is 1. The van der Waals surface area contributed by atoms with Crippen molar-refractivity contribution in [3.63, 3.8) is 0 Å². The quantitative estimate of drug-likeness (QED) is 0.335. The number of hydrogen-bond acceptors (Lipinski definition) is 4. The summed E-state index contributed by atoms with van der Waals surface area (Å²) in [7, 11) is 0. The summed E-state index contributed by atoms with van der Waals surface area (Å²) in [6.45, 7) is 0. The minimum absolute atomic E-state index is 0.167. The second-order valence-electron chi connectivity index (χ2n) is 7.13. The highest BCUT2D eigenvalue weighted by Gasteiger charge is 2.21. The zero-order chi connectivity index (χ0) is 21.4. The Kier molecular flexibility index (Phi) is 4.52. The number of hydrogen-bond donors (Lipinski definition) is 1. The molecule has 0 saturated heterocycles. The van der Waals surface area contributed by atoms with Gasteiger partial charge in [0, 0.05) is 34.8 Å². The van der Waals surface area contributed by atoms with E-state index in [0.717, 1.165) is 22.2 Å². The molecular formula is C25H17FN4O. The second kappa shape index (κ2) is 7.50. The molecule has 3 aromatic heterocycles. The number of anilines is 1. The molecule has 0 aliphatic carbocycles. The molecule has 3 heterocycles. The molecule has 0 atom stereocenters. The maximum Gasteiger partial charge on any atom is 0.211 e. The van der Waals surface area contributed by atoms with Crippen molar-refractivity contribution in [3.8, 4) is 22.4 Å². The van der Waals surface area contributed by atoms with Crippen molar-refractivity contribution in [2.24, 2.45) is 0 Å². The number of halogens is 1. The number of aromatic nitrogens is 3. The van der Waals surface area contributed by atoms with E-state index in [1.807, 2.05) is 24.3 Å². The van der Waals surface area contributed by atoms with Crippen LogP contribution in [0.15, 0.2) is 91.3 Å². The first-order valence-electron chi connectivity index (χ1n) is 9.70. The van der Waals surface area contributed by atoms with Crippen LogP contribution in [0.1, 0.15) is 16.1 Å². The summed E-state index contributed by atoms with van der Waals surface area (Å²) in [5, 5.41) is 4.78. The third-order valence-electron chi connectivity index (χ3n) is 5.15. The molecule has 0 aliphatic heterocycles. The first kappa shape index (κ1) is 18.7. The fourth-order valence-corrected chi connectivity index (χ4v) is 3.64. The van der Waals surface area contributed by atoms with Gasteiger partial charge in [0.15, 0.2) is 0 Å². The Balaban J connectivity index is 1.77. The summed E-state index contributed by atoms with van der Waals surface area (Å²) in [6.07, 6.45) is 3.41. The fraction of sp³-hybridized carbons (Fsp3) is 0. The number of nitrogens with zero attached hydrogens (tertiary/aromatic N) is 3. The number of benzene rings is 2. The van der Waals surface area contributed by atoms with Gasteiger partial charge in [-0.05, 0) is 78.4 Å². The zero-order valence-corrected chi connectivity index (χ0v) is 16.4. The number of carbonyl (C=O) groups is 1. The molecule has 2 aromatic carbocycles. The van der Waals surface area contributed by atoms with Crippen LogP contribution in [0.4, 0.5) is 10.1 Å². The number of carbonyl (C=O) groups excluding carboxylic acids is 1. The van der Waals surface area contributed by atoms with Crippen LogP contribution in [0, 0.1) is 5.82 Å². The third kappa shape index (κ3) is 3.34. The smallest absolute Gasteiger partial charge is 0.211 e. The van der Waals surface area contributed by atoms with E-state index in [9.17, 15) is 9.18 Å². The topological polar surface area (TPSA) is 73.3 Å². The summed E-state index contributed by atoms with van der Waals surface area (Å²) in [4.78, 5) is 17.3. The molecule has 0 unspecified atom stereocenters. The first-order chi connectivity index (χ1) is 15.1.